The lowest BCUT2D eigenvalue weighted by Crippen LogP contribution is -2.19. The summed E-state index contributed by atoms with van der Waals surface area (Å²) >= 11 is 11.8. The van der Waals surface area contributed by atoms with Gasteiger partial charge in [-0.1, -0.05) is 23.2 Å². The number of ketones is 1. The number of hydrogen-bond acceptors (Lipinski definition) is 3. The van der Waals surface area contributed by atoms with Crippen molar-refractivity contribution in [1.82, 2.24) is 9.78 Å². The van der Waals surface area contributed by atoms with E-state index in [1.165, 1.54) is 6.92 Å². The second-order valence-electron chi connectivity index (χ2n) is 5.78. The van der Waals surface area contributed by atoms with E-state index in [1.807, 2.05) is 13.8 Å². The van der Waals surface area contributed by atoms with Gasteiger partial charge in [0.25, 0.3) is 0 Å². The number of amides is 1. The zero-order valence-electron chi connectivity index (χ0n) is 14.0. The van der Waals surface area contributed by atoms with Crippen LogP contribution in [0.4, 0.5) is 5.69 Å². The van der Waals surface area contributed by atoms with Crippen LogP contribution in [0, 0.1) is 13.8 Å². The minimum atomic E-state index is -0.181. The molecule has 0 radical (unpaired) electrons. The molecule has 0 saturated heterocycles. The Hall–Kier alpha value is -1.85. The maximum atomic E-state index is 12.2. The molecule has 24 heavy (non-hydrogen) atoms. The molecule has 2 rings (SSSR count). The van der Waals surface area contributed by atoms with Crippen molar-refractivity contribution in [2.75, 3.05) is 5.32 Å². The predicted octanol–water partition coefficient (Wildman–Crippen LogP) is 4.60. The van der Waals surface area contributed by atoms with E-state index >= 15 is 0 Å². The molecule has 0 bridgehead atoms. The molecular weight excluding hydrogens is 349 g/mol. The van der Waals surface area contributed by atoms with Crippen LogP contribution in [0.15, 0.2) is 18.2 Å². The average molecular weight is 368 g/mol. The lowest BCUT2D eigenvalue weighted by atomic mass is 10.1. The molecule has 5 nitrogen and oxygen atoms in total. The van der Waals surface area contributed by atoms with Gasteiger partial charge in [0.05, 0.1) is 27.3 Å². The second-order valence-corrected chi connectivity index (χ2v) is 6.59. The third kappa shape index (κ3) is 3.97. The quantitative estimate of drug-likeness (QED) is 0.785. The molecule has 0 aliphatic rings. The summed E-state index contributed by atoms with van der Waals surface area (Å²) in [6.07, 6.45) is 0.222. The van der Waals surface area contributed by atoms with Gasteiger partial charge in [-0.25, -0.2) is 0 Å². The van der Waals surface area contributed by atoms with Crippen molar-refractivity contribution in [2.24, 2.45) is 0 Å². The van der Waals surface area contributed by atoms with E-state index in [9.17, 15) is 9.59 Å². The van der Waals surface area contributed by atoms with Crippen LogP contribution in [0.3, 0.4) is 0 Å². The first kappa shape index (κ1) is 18.5. The van der Waals surface area contributed by atoms with Gasteiger partial charge in [-0.05, 0) is 45.9 Å². The van der Waals surface area contributed by atoms with Gasteiger partial charge in [0, 0.05) is 17.8 Å². The molecule has 1 N–H and O–H groups in total. The smallest absolute Gasteiger partial charge is 0.226 e. The Balaban J connectivity index is 2.10. The van der Waals surface area contributed by atoms with Crippen molar-refractivity contribution in [1.29, 1.82) is 0 Å². The molecule has 2 aromatic rings. The van der Waals surface area contributed by atoms with Crippen LogP contribution >= 0.6 is 23.2 Å². The fourth-order valence-electron chi connectivity index (χ4n) is 2.74. The van der Waals surface area contributed by atoms with E-state index in [1.54, 1.807) is 29.8 Å². The Labute approximate surface area is 150 Å². The Morgan fingerprint density at radius 1 is 1.25 bits per heavy atom. The first-order chi connectivity index (χ1) is 11.2. The molecule has 128 valence electrons. The Morgan fingerprint density at radius 3 is 2.46 bits per heavy atom. The summed E-state index contributed by atoms with van der Waals surface area (Å²) < 4.78 is 1.72. The van der Waals surface area contributed by atoms with Crippen molar-refractivity contribution < 1.29 is 9.59 Å². The number of anilines is 1. The van der Waals surface area contributed by atoms with Gasteiger partial charge in [0.1, 0.15) is 0 Å². The molecule has 7 heteroatoms. The van der Waals surface area contributed by atoms with Crippen molar-refractivity contribution >= 4 is 40.6 Å². The van der Waals surface area contributed by atoms with Gasteiger partial charge in [-0.2, -0.15) is 5.10 Å². The largest absolute Gasteiger partial charge is 0.326 e. The molecule has 0 fully saturated rings. The first-order valence-corrected chi connectivity index (χ1v) is 8.27. The van der Waals surface area contributed by atoms with Crippen molar-refractivity contribution in [2.45, 2.75) is 40.2 Å². The molecule has 0 unspecified atom stereocenters. The number of aromatic nitrogens is 2. The van der Waals surface area contributed by atoms with Gasteiger partial charge >= 0.3 is 0 Å². The number of nitrogens with zero attached hydrogens (tertiary/aromatic N) is 2. The number of nitrogens with one attached hydrogen (secondary N) is 1. The molecule has 0 aliphatic carbocycles. The Morgan fingerprint density at radius 2 is 1.92 bits per heavy atom. The standard InChI is InChI=1S/C17H19Cl2N3O2/c1-9(22-11(3)17(12(4)23)10(2)21-22)7-16(24)20-13-5-6-14(18)15(19)8-13/h5-6,8-9H,7H2,1-4H3,(H,20,24)/t9-/m0/s1. The average Bonchev–Trinajstić information content (AvgIpc) is 2.78. The van der Waals surface area contributed by atoms with E-state index in [2.05, 4.69) is 10.4 Å². The van der Waals surface area contributed by atoms with Gasteiger partial charge < -0.3 is 5.32 Å². The summed E-state index contributed by atoms with van der Waals surface area (Å²) in [5.74, 6) is -0.193. The molecular formula is C17H19Cl2N3O2. The fourth-order valence-corrected chi connectivity index (χ4v) is 3.04. The molecule has 0 aliphatic heterocycles. The van der Waals surface area contributed by atoms with E-state index in [4.69, 9.17) is 23.2 Å². The molecule has 1 atom stereocenters. The number of Topliss-reactive ketones (excluding diaryl/α,β-unsaturated/α-hetero) is 1. The van der Waals surface area contributed by atoms with Crippen molar-refractivity contribution in [3.05, 3.63) is 45.2 Å². The van der Waals surface area contributed by atoms with Crippen LogP contribution in [0.25, 0.3) is 0 Å². The van der Waals surface area contributed by atoms with Crippen LogP contribution in [-0.2, 0) is 4.79 Å². The van der Waals surface area contributed by atoms with E-state index in [0.717, 1.165) is 5.69 Å². The number of halogens is 2. The zero-order chi connectivity index (χ0) is 18.0. The number of benzene rings is 1. The minimum absolute atomic E-state index is 0.0243. The van der Waals surface area contributed by atoms with Gasteiger partial charge in [-0.15, -0.1) is 0 Å². The molecule has 0 spiro atoms. The van der Waals surface area contributed by atoms with Crippen LogP contribution in [0.2, 0.25) is 10.0 Å². The van der Waals surface area contributed by atoms with E-state index in [-0.39, 0.29) is 24.2 Å². The van der Waals surface area contributed by atoms with E-state index < -0.39 is 0 Å². The van der Waals surface area contributed by atoms with Gasteiger partial charge in [0.15, 0.2) is 5.78 Å². The number of aryl methyl sites for hydroxylation is 1. The monoisotopic (exact) mass is 367 g/mol. The highest BCUT2D eigenvalue weighted by Gasteiger charge is 2.20. The molecule has 1 heterocycles. The normalized spacial score (nSPS) is 12.1. The lowest BCUT2D eigenvalue weighted by Gasteiger charge is -2.14. The summed E-state index contributed by atoms with van der Waals surface area (Å²) in [5.41, 5.74) is 2.65. The highest BCUT2D eigenvalue weighted by molar-refractivity contribution is 6.42. The lowest BCUT2D eigenvalue weighted by molar-refractivity contribution is -0.116. The van der Waals surface area contributed by atoms with Crippen LogP contribution < -0.4 is 5.32 Å². The Bertz CT molecular complexity index is 799. The summed E-state index contributed by atoms with van der Waals surface area (Å²) in [7, 11) is 0. The summed E-state index contributed by atoms with van der Waals surface area (Å²) in [6, 6.07) is 4.74. The molecule has 1 aromatic heterocycles. The molecule has 0 saturated carbocycles. The summed E-state index contributed by atoms with van der Waals surface area (Å²) in [4.78, 5) is 23.9. The zero-order valence-corrected chi connectivity index (χ0v) is 15.5. The Kier molecular flexibility index (Phi) is 5.67. The maximum Gasteiger partial charge on any atom is 0.226 e. The van der Waals surface area contributed by atoms with Crippen LogP contribution in [0.5, 0.6) is 0 Å². The number of hydrogen-bond donors (Lipinski definition) is 1. The summed E-state index contributed by atoms with van der Waals surface area (Å²) in [6.45, 7) is 7.04. The third-order valence-electron chi connectivity index (χ3n) is 3.78. The van der Waals surface area contributed by atoms with Crippen LogP contribution in [-0.4, -0.2) is 21.5 Å². The van der Waals surface area contributed by atoms with Crippen LogP contribution in [0.1, 0.15) is 48.1 Å². The molecule has 1 amide bonds. The van der Waals surface area contributed by atoms with Gasteiger partial charge in [-0.3, -0.25) is 14.3 Å². The topological polar surface area (TPSA) is 64.0 Å². The molecule has 1 aromatic carbocycles. The minimum Gasteiger partial charge on any atom is -0.326 e. The number of rotatable bonds is 5. The highest BCUT2D eigenvalue weighted by atomic mass is 35.5. The summed E-state index contributed by atoms with van der Waals surface area (Å²) in [5, 5.41) is 7.99. The SMILES string of the molecule is CC(=O)c1c(C)nn([C@@H](C)CC(=O)Nc2ccc(Cl)c(Cl)c2)c1C. The number of carbonyl (C=O) groups is 2. The maximum absolute atomic E-state index is 12.2. The van der Waals surface area contributed by atoms with Crippen molar-refractivity contribution in [3.8, 4) is 0 Å². The highest BCUT2D eigenvalue weighted by Crippen LogP contribution is 2.26. The number of carbonyl (C=O) groups excluding carboxylic acids is 2. The van der Waals surface area contributed by atoms with Crippen molar-refractivity contribution in [3.63, 3.8) is 0 Å². The predicted molar refractivity (Wildman–Crippen MR) is 96.1 cm³/mol. The second kappa shape index (κ2) is 7.36. The van der Waals surface area contributed by atoms with Gasteiger partial charge in [0.2, 0.25) is 5.91 Å². The third-order valence-corrected chi connectivity index (χ3v) is 4.52. The first-order valence-electron chi connectivity index (χ1n) is 7.52. The van der Waals surface area contributed by atoms with E-state index in [0.29, 0.717) is 27.0 Å². The fraction of sp³-hybridized carbons (Fsp3) is 0.353.